The van der Waals surface area contributed by atoms with E-state index in [2.05, 4.69) is 21.2 Å². The van der Waals surface area contributed by atoms with E-state index in [1.165, 1.54) is 4.90 Å². The Bertz CT molecular complexity index is 1150. The molecule has 35 heavy (non-hydrogen) atoms. The number of halogens is 3. The number of nitrogens with one attached hydrogen (secondary N) is 1. The topological polar surface area (TPSA) is 86.8 Å². The predicted octanol–water partition coefficient (Wildman–Crippen LogP) is 5.25. The molecule has 0 spiro atoms. The van der Waals surface area contributed by atoms with Gasteiger partial charge in [0, 0.05) is 17.6 Å². The van der Waals surface area contributed by atoms with Crippen molar-refractivity contribution in [3.63, 3.8) is 0 Å². The molecular weight excluding hydrogens is 577 g/mol. The zero-order valence-electron chi connectivity index (χ0n) is 19.9. The number of amides is 2. The second kappa shape index (κ2) is 13.5. The lowest BCUT2D eigenvalue weighted by atomic mass is 10.1. The summed E-state index contributed by atoms with van der Waals surface area (Å²) >= 11 is 15.6. The van der Waals surface area contributed by atoms with Gasteiger partial charge in [0.1, 0.15) is 12.6 Å². The minimum atomic E-state index is -3.81. The lowest BCUT2D eigenvalue weighted by molar-refractivity contribution is -0.140. The van der Waals surface area contributed by atoms with Crippen molar-refractivity contribution < 1.29 is 18.0 Å². The van der Waals surface area contributed by atoms with Gasteiger partial charge in [0.05, 0.1) is 22.0 Å². The Morgan fingerprint density at radius 2 is 1.77 bits per heavy atom. The Labute approximate surface area is 225 Å². The third-order valence-corrected chi connectivity index (χ3v) is 7.89. The summed E-state index contributed by atoms with van der Waals surface area (Å²) in [5.41, 5.74) is 0.998. The summed E-state index contributed by atoms with van der Waals surface area (Å²) < 4.78 is 26.9. The van der Waals surface area contributed by atoms with E-state index in [1.54, 1.807) is 49.4 Å². The molecule has 1 N–H and O–H groups in total. The zero-order valence-corrected chi connectivity index (χ0v) is 23.8. The van der Waals surface area contributed by atoms with Crippen molar-refractivity contribution in [1.29, 1.82) is 0 Å². The number of para-hydroxylation sites is 1. The Kier molecular flexibility index (Phi) is 11.3. The van der Waals surface area contributed by atoms with Crippen LogP contribution in [0.4, 0.5) is 5.69 Å². The van der Waals surface area contributed by atoms with Crippen molar-refractivity contribution in [2.24, 2.45) is 0 Å². The van der Waals surface area contributed by atoms with Crippen molar-refractivity contribution in [2.75, 3.05) is 23.7 Å². The van der Waals surface area contributed by atoms with Gasteiger partial charge < -0.3 is 10.2 Å². The first-order valence-electron chi connectivity index (χ1n) is 11.2. The van der Waals surface area contributed by atoms with Crippen LogP contribution in [0.3, 0.4) is 0 Å². The predicted molar refractivity (Wildman–Crippen MR) is 145 cm³/mol. The zero-order chi connectivity index (χ0) is 26.2. The number of carbonyl (C=O) groups excluding carboxylic acids is 2. The number of hydrogen-bond acceptors (Lipinski definition) is 4. The molecule has 1 atom stereocenters. The van der Waals surface area contributed by atoms with Crippen LogP contribution in [0.25, 0.3) is 0 Å². The number of nitrogens with zero attached hydrogens (tertiary/aromatic N) is 2. The molecule has 2 aromatic carbocycles. The summed E-state index contributed by atoms with van der Waals surface area (Å²) in [5, 5.41) is 3.57. The van der Waals surface area contributed by atoms with Gasteiger partial charge in [-0.1, -0.05) is 61.7 Å². The third kappa shape index (κ3) is 8.37. The molecule has 0 fully saturated rings. The first kappa shape index (κ1) is 29.4. The quantitative estimate of drug-likeness (QED) is 0.335. The standard InChI is InChI=1S/C24H30BrCl2N3O4S/c1-4-6-13-28-24(32)21(5-2)29(15-17-11-12-19(26)20(27)14-17)23(31)16-30(35(3,33)34)22-10-8-7-9-18(22)25/h7-12,14,21H,4-6,13,15-16H2,1-3H3,(H,28,32). The van der Waals surface area contributed by atoms with E-state index in [0.717, 1.165) is 23.4 Å². The van der Waals surface area contributed by atoms with Crippen LogP contribution in [-0.4, -0.2) is 50.5 Å². The van der Waals surface area contributed by atoms with Gasteiger partial charge in [0.25, 0.3) is 0 Å². The summed E-state index contributed by atoms with van der Waals surface area (Å²) in [4.78, 5) is 28.1. The maximum absolute atomic E-state index is 13.6. The highest BCUT2D eigenvalue weighted by Crippen LogP contribution is 2.28. The summed E-state index contributed by atoms with van der Waals surface area (Å²) in [5.74, 6) is -0.809. The van der Waals surface area contributed by atoms with E-state index in [0.29, 0.717) is 38.7 Å². The first-order chi connectivity index (χ1) is 16.5. The highest BCUT2D eigenvalue weighted by Gasteiger charge is 2.32. The van der Waals surface area contributed by atoms with Crippen LogP contribution >= 0.6 is 39.1 Å². The van der Waals surface area contributed by atoms with Crippen molar-refractivity contribution >= 4 is 66.7 Å². The molecule has 192 valence electrons. The van der Waals surface area contributed by atoms with Gasteiger partial charge in [-0.25, -0.2) is 8.42 Å². The van der Waals surface area contributed by atoms with Crippen molar-refractivity contribution in [2.45, 2.75) is 45.7 Å². The van der Waals surface area contributed by atoms with Gasteiger partial charge in [-0.15, -0.1) is 0 Å². The molecule has 2 amide bonds. The number of anilines is 1. The van der Waals surface area contributed by atoms with E-state index < -0.39 is 28.5 Å². The molecule has 0 saturated heterocycles. The van der Waals surface area contributed by atoms with Gasteiger partial charge in [-0.3, -0.25) is 13.9 Å². The van der Waals surface area contributed by atoms with Crippen LogP contribution in [0.2, 0.25) is 10.0 Å². The minimum Gasteiger partial charge on any atom is -0.354 e. The van der Waals surface area contributed by atoms with Crippen LogP contribution in [0.15, 0.2) is 46.9 Å². The van der Waals surface area contributed by atoms with Crippen LogP contribution in [-0.2, 0) is 26.2 Å². The average molecular weight is 607 g/mol. The molecule has 0 radical (unpaired) electrons. The van der Waals surface area contributed by atoms with E-state index >= 15 is 0 Å². The Morgan fingerprint density at radius 3 is 2.34 bits per heavy atom. The Hall–Kier alpha value is -1.81. The minimum absolute atomic E-state index is 0.0585. The molecule has 0 heterocycles. The van der Waals surface area contributed by atoms with Crippen LogP contribution < -0.4 is 9.62 Å². The van der Waals surface area contributed by atoms with Crippen molar-refractivity contribution in [3.8, 4) is 0 Å². The molecule has 2 aromatic rings. The monoisotopic (exact) mass is 605 g/mol. The molecule has 0 aliphatic heterocycles. The summed E-state index contributed by atoms with van der Waals surface area (Å²) in [6.45, 7) is 3.91. The third-order valence-electron chi connectivity index (χ3n) is 5.35. The molecule has 2 rings (SSSR count). The largest absolute Gasteiger partial charge is 0.354 e. The highest BCUT2D eigenvalue weighted by atomic mass is 79.9. The van der Waals surface area contributed by atoms with Crippen LogP contribution in [0, 0.1) is 0 Å². The fourth-order valence-electron chi connectivity index (χ4n) is 3.51. The van der Waals surface area contributed by atoms with Crippen molar-refractivity contribution in [3.05, 3.63) is 62.5 Å². The molecule has 1 unspecified atom stereocenters. The summed E-state index contributed by atoms with van der Waals surface area (Å²) in [7, 11) is -3.81. The fourth-order valence-corrected chi connectivity index (χ4v) is 5.31. The highest BCUT2D eigenvalue weighted by molar-refractivity contribution is 9.10. The Morgan fingerprint density at radius 1 is 1.09 bits per heavy atom. The fraction of sp³-hybridized carbons (Fsp3) is 0.417. The van der Waals surface area contributed by atoms with Gasteiger partial charge in [-0.05, 0) is 58.6 Å². The van der Waals surface area contributed by atoms with Crippen molar-refractivity contribution in [1.82, 2.24) is 10.2 Å². The summed E-state index contributed by atoms with van der Waals surface area (Å²) in [6.07, 6.45) is 3.11. The lowest BCUT2D eigenvalue weighted by Gasteiger charge is -2.33. The molecule has 11 heteroatoms. The molecular formula is C24H30BrCl2N3O4S. The lowest BCUT2D eigenvalue weighted by Crippen LogP contribution is -2.52. The van der Waals surface area contributed by atoms with Crippen LogP contribution in [0.1, 0.15) is 38.7 Å². The van der Waals surface area contributed by atoms with Gasteiger partial charge in [0.2, 0.25) is 21.8 Å². The Balaban J connectivity index is 2.44. The second-order valence-electron chi connectivity index (χ2n) is 8.06. The van der Waals surface area contributed by atoms with Crippen LogP contribution in [0.5, 0.6) is 0 Å². The maximum Gasteiger partial charge on any atom is 0.244 e. The molecule has 0 saturated carbocycles. The number of hydrogen-bond donors (Lipinski definition) is 1. The second-order valence-corrected chi connectivity index (χ2v) is 11.6. The maximum atomic E-state index is 13.6. The van der Waals surface area contributed by atoms with Gasteiger partial charge >= 0.3 is 0 Å². The SMILES string of the molecule is CCCCNC(=O)C(CC)N(Cc1ccc(Cl)c(Cl)c1)C(=O)CN(c1ccccc1Br)S(C)(=O)=O. The number of rotatable bonds is 12. The molecule has 0 bridgehead atoms. The van der Waals surface area contributed by atoms with E-state index in [1.807, 2.05) is 6.92 Å². The van der Waals surface area contributed by atoms with Gasteiger partial charge in [0.15, 0.2) is 0 Å². The number of carbonyl (C=O) groups is 2. The number of sulfonamides is 1. The van der Waals surface area contributed by atoms with Gasteiger partial charge in [-0.2, -0.15) is 0 Å². The summed E-state index contributed by atoms with van der Waals surface area (Å²) in [6, 6.07) is 10.9. The number of benzene rings is 2. The first-order valence-corrected chi connectivity index (χ1v) is 14.6. The van der Waals surface area contributed by atoms with E-state index in [4.69, 9.17) is 23.2 Å². The average Bonchev–Trinajstić information content (AvgIpc) is 2.79. The molecule has 0 aliphatic carbocycles. The molecule has 0 aromatic heterocycles. The smallest absolute Gasteiger partial charge is 0.244 e. The normalized spacial score (nSPS) is 12.2. The molecule has 7 nitrogen and oxygen atoms in total. The molecule has 0 aliphatic rings. The van der Waals surface area contributed by atoms with E-state index in [9.17, 15) is 18.0 Å². The van der Waals surface area contributed by atoms with E-state index in [-0.39, 0.29) is 12.5 Å². The number of unbranched alkanes of at least 4 members (excludes halogenated alkanes) is 1.